The van der Waals surface area contributed by atoms with Crippen molar-refractivity contribution in [1.82, 2.24) is 19.9 Å². The van der Waals surface area contributed by atoms with Crippen LogP contribution in [0.25, 0.3) is 0 Å². The molecule has 1 aromatic heterocycles. The summed E-state index contributed by atoms with van der Waals surface area (Å²) in [7, 11) is -2.21. The number of benzene rings is 1. The van der Waals surface area contributed by atoms with Crippen molar-refractivity contribution in [3.63, 3.8) is 0 Å². The number of nitrogens with one attached hydrogen (secondary N) is 2. The fraction of sp³-hybridized carbons (Fsp3) is 0.182. The molecule has 8 heteroatoms. The molecular formula is C22H26N4O3S. The highest BCUT2D eigenvalue weighted by molar-refractivity contribution is 7.93. The SMILES string of the molecule is C=C/C(=C\C=C(/C)NC(=O)NCc1cccnc1)S(=O)(=O)N(C)Cc1ccccc1. The molecule has 0 saturated heterocycles. The highest BCUT2D eigenvalue weighted by Gasteiger charge is 2.21. The van der Waals surface area contributed by atoms with Crippen molar-refractivity contribution in [1.29, 1.82) is 0 Å². The molecule has 30 heavy (non-hydrogen) atoms. The number of allylic oxidation sites excluding steroid dienone is 4. The number of nitrogens with zero attached hydrogens (tertiary/aromatic N) is 2. The molecule has 2 amide bonds. The average Bonchev–Trinajstić information content (AvgIpc) is 2.74. The molecule has 2 rings (SSSR count). The minimum atomic E-state index is -3.72. The lowest BCUT2D eigenvalue weighted by molar-refractivity contribution is 0.243. The third-order valence-electron chi connectivity index (χ3n) is 4.14. The maximum atomic E-state index is 12.8. The first-order valence-electron chi connectivity index (χ1n) is 9.28. The van der Waals surface area contributed by atoms with E-state index in [0.717, 1.165) is 11.1 Å². The summed E-state index contributed by atoms with van der Waals surface area (Å²) in [6.45, 7) is 5.85. The van der Waals surface area contributed by atoms with Gasteiger partial charge in [-0.15, -0.1) is 0 Å². The van der Waals surface area contributed by atoms with Crippen molar-refractivity contribution in [2.45, 2.75) is 20.0 Å². The number of aromatic nitrogens is 1. The minimum Gasteiger partial charge on any atom is -0.334 e. The number of urea groups is 1. The Bertz CT molecular complexity index is 1020. The van der Waals surface area contributed by atoms with Gasteiger partial charge in [0, 0.05) is 38.2 Å². The molecule has 0 saturated carbocycles. The third-order valence-corrected chi connectivity index (χ3v) is 5.99. The maximum absolute atomic E-state index is 12.8. The quantitative estimate of drug-likeness (QED) is 0.602. The first-order valence-corrected chi connectivity index (χ1v) is 10.7. The van der Waals surface area contributed by atoms with Gasteiger partial charge in [-0.1, -0.05) is 43.0 Å². The molecule has 0 spiro atoms. The molecule has 2 aromatic rings. The standard InChI is InChI=1S/C22H26N4O3S/c1-4-21(30(28,29)26(3)17-19-9-6-5-7-10-19)13-12-18(2)25-22(27)24-16-20-11-8-14-23-15-20/h4-15H,1,16-17H2,2-3H3,(H2,24,25,27)/b18-12+,21-13+. The second-order valence-electron chi connectivity index (χ2n) is 6.54. The normalized spacial score (nSPS) is 12.5. The molecule has 0 aliphatic carbocycles. The monoisotopic (exact) mass is 426 g/mol. The lowest BCUT2D eigenvalue weighted by Gasteiger charge is -2.17. The zero-order valence-corrected chi connectivity index (χ0v) is 17.9. The summed E-state index contributed by atoms with van der Waals surface area (Å²) in [5.41, 5.74) is 2.24. The van der Waals surface area contributed by atoms with Gasteiger partial charge in [-0.25, -0.2) is 13.2 Å². The Morgan fingerprint density at radius 2 is 1.83 bits per heavy atom. The van der Waals surface area contributed by atoms with Crippen LogP contribution in [0.2, 0.25) is 0 Å². The van der Waals surface area contributed by atoms with Gasteiger partial charge >= 0.3 is 6.03 Å². The number of amides is 2. The lowest BCUT2D eigenvalue weighted by Crippen LogP contribution is -2.33. The number of hydrogen-bond acceptors (Lipinski definition) is 4. The van der Waals surface area contributed by atoms with E-state index < -0.39 is 16.1 Å². The second-order valence-corrected chi connectivity index (χ2v) is 8.58. The average molecular weight is 427 g/mol. The molecule has 0 aliphatic heterocycles. The zero-order chi connectivity index (χ0) is 22.0. The first-order chi connectivity index (χ1) is 14.3. The smallest absolute Gasteiger partial charge is 0.319 e. The maximum Gasteiger partial charge on any atom is 0.319 e. The predicted octanol–water partition coefficient (Wildman–Crippen LogP) is 3.32. The molecule has 158 valence electrons. The van der Waals surface area contributed by atoms with Gasteiger partial charge in [0.15, 0.2) is 0 Å². The molecule has 0 unspecified atom stereocenters. The van der Waals surface area contributed by atoms with Crippen molar-refractivity contribution in [3.05, 3.63) is 101 Å². The molecule has 0 bridgehead atoms. The number of carbonyl (C=O) groups excluding carboxylic acids is 1. The van der Waals surface area contributed by atoms with E-state index in [1.807, 2.05) is 36.4 Å². The molecular weight excluding hydrogens is 400 g/mol. The van der Waals surface area contributed by atoms with Gasteiger partial charge in [-0.2, -0.15) is 4.31 Å². The van der Waals surface area contributed by atoms with Gasteiger partial charge in [0.2, 0.25) is 10.0 Å². The summed E-state index contributed by atoms with van der Waals surface area (Å²) in [4.78, 5) is 16.0. The Hall–Kier alpha value is -3.23. The van der Waals surface area contributed by atoms with Crippen molar-refractivity contribution < 1.29 is 13.2 Å². The molecule has 1 aromatic carbocycles. The summed E-state index contributed by atoms with van der Waals surface area (Å²) in [5, 5.41) is 5.36. The predicted molar refractivity (Wildman–Crippen MR) is 118 cm³/mol. The third kappa shape index (κ3) is 6.98. The Balaban J connectivity index is 2.00. The minimum absolute atomic E-state index is 0.0397. The van der Waals surface area contributed by atoms with Gasteiger partial charge < -0.3 is 10.6 Å². The van der Waals surface area contributed by atoms with E-state index in [9.17, 15) is 13.2 Å². The van der Waals surface area contributed by atoms with Crippen LogP contribution in [0.4, 0.5) is 4.79 Å². The van der Waals surface area contributed by atoms with E-state index in [-0.39, 0.29) is 11.4 Å². The highest BCUT2D eigenvalue weighted by Crippen LogP contribution is 2.16. The highest BCUT2D eigenvalue weighted by atomic mass is 32.2. The van der Waals surface area contributed by atoms with E-state index in [1.54, 1.807) is 25.4 Å². The molecule has 7 nitrogen and oxygen atoms in total. The van der Waals surface area contributed by atoms with Crippen LogP contribution in [0.3, 0.4) is 0 Å². The summed E-state index contributed by atoms with van der Waals surface area (Å²) < 4.78 is 26.9. The second kappa shape index (κ2) is 11.1. The van der Waals surface area contributed by atoms with Crippen LogP contribution in [0.15, 0.2) is 90.3 Å². The molecule has 0 fully saturated rings. The van der Waals surface area contributed by atoms with E-state index in [1.165, 1.54) is 29.6 Å². The van der Waals surface area contributed by atoms with Gasteiger partial charge in [-0.05, 0) is 42.3 Å². The van der Waals surface area contributed by atoms with Gasteiger partial charge in [-0.3, -0.25) is 4.98 Å². The van der Waals surface area contributed by atoms with Gasteiger partial charge in [0.25, 0.3) is 0 Å². The Morgan fingerprint density at radius 3 is 2.47 bits per heavy atom. The topological polar surface area (TPSA) is 91.4 Å². The summed E-state index contributed by atoms with van der Waals surface area (Å²) >= 11 is 0. The number of carbonyl (C=O) groups is 1. The molecule has 1 heterocycles. The van der Waals surface area contributed by atoms with Crippen LogP contribution in [0.5, 0.6) is 0 Å². The largest absolute Gasteiger partial charge is 0.334 e. The molecule has 2 N–H and O–H groups in total. The Kier molecular flexibility index (Phi) is 8.52. The van der Waals surface area contributed by atoms with Crippen LogP contribution in [0.1, 0.15) is 18.1 Å². The van der Waals surface area contributed by atoms with Crippen LogP contribution < -0.4 is 10.6 Å². The van der Waals surface area contributed by atoms with Crippen LogP contribution in [-0.4, -0.2) is 30.8 Å². The van der Waals surface area contributed by atoms with Crippen molar-refractivity contribution in [2.75, 3.05) is 7.05 Å². The number of hydrogen-bond donors (Lipinski definition) is 2. The Morgan fingerprint density at radius 1 is 1.13 bits per heavy atom. The van der Waals surface area contributed by atoms with E-state index in [4.69, 9.17) is 0 Å². The number of rotatable bonds is 9. The summed E-state index contributed by atoms with van der Waals surface area (Å²) in [6, 6.07) is 12.6. The first kappa shape index (κ1) is 23.1. The molecule has 0 radical (unpaired) electrons. The van der Waals surface area contributed by atoms with Crippen LogP contribution in [0, 0.1) is 0 Å². The summed E-state index contributed by atoms with van der Waals surface area (Å²) in [6.07, 6.45) is 7.54. The number of pyridine rings is 1. The van der Waals surface area contributed by atoms with Crippen LogP contribution >= 0.6 is 0 Å². The molecule has 0 atom stereocenters. The fourth-order valence-corrected chi connectivity index (χ4v) is 3.65. The lowest BCUT2D eigenvalue weighted by atomic mass is 10.2. The van der Waals surface area contributed by atoms with Crippen molar-refractivity contribution in [2.24, 2.45) is 0 Å². The Labute approximate surface area is 177 Å². The van der Waals surface area contributed by atoms with E-state index >= 15 is 0 Å². The van der Waals surface area contributed by atoms with Gasteiger partial charge in [0.1, 0.15) is 0 Å². The fourth-order valence-electron chi connectivity index (χ4n) is 2.52. The van der Waals surface area contributed by atoms with Crippen molar-refractivity contribution >= 4 is 16.1 Å². The van der Waals surface area contributed by atoms with E-state index in [0.29, 0.717) is 12.2 Å². The summed E-state index contributed by atoms with van der Waals surface area (Å²) in [5.74, 6) is 0. The number of sulfonamides is 1. The van der Waals surface area contributed by atoms with Gasteiger partial charge in [0.05, 0.1) is 4.91 Å². The zero-order valence-electron chi connectivity index (χ0n) is 17.1. The van der Waals surface area contributed by atoms with Crippen LogP contribution in [-0.2, 0) is 23.1 Å². The van der Waals surface area contributed by atoms with Crippen molar-refractivity contribution in [3.8, 4) is 0 Å². The van der Waals surface area contributed by atoms with E-state index in [2.05, 4.69) is 22.2 Å². The molecule has 0 aliphatic rings.